The van der Waals surface area contributed by atoms with E-state index < -0.39 is 0 Å². The van der Waals surface area contributed by atoms with Crippen molar-refractivity contribution in [1.82, 2.24) is 15.1 Å². The van der Waals surface area contributed by atoms with Crippen LogP contribution in [0, 0.1) is 0 Å². The van der Waals surface area contributed by atoms with Gasteiger partial charge in [-0.25, -0.2) is 0 Å². The van der Waals surface area contributed by atoms with Crippen LogP contribution in [0.25, 0.3) is 10.6 Å². The topological polar surface area (TPSA) is 29.9 Å². The lowest BCUT2D eigenvalue weighted by molar-refractivity contribution is 0.507. The van der Waals surface area contributed by atoms with E-state index in [4.69, 9.17) is 0 Å². The Kier molecular flexibility index (Phi) is 2.33. The molecule has 84 valence electrons. The summed E-state index contributed by atoms with van der Waals surface area (Å²) in [5.41, 5.74) is 3.92. The molecule has 16 heavy (non-hydrogen) atoms. The molecule has 0 bridgehead atoms. The van der Waals surface area contributed by atoms with E-state index in [1.165, 1.54) is 21.8 Å². The van der Waals surface area contributed by atoms with E-state index in [1.807, 2.05) is 11.7 Å². The van der Waals surface area contributed by atoms with Crippen molar-refractivity contribution in [2.24, 2.45) is 7.05 Å². The predicted molar refractivity (Wildman–Crippen MR) is 66.5 cm³/mol. The molecule has 1 unspecified atom stereocenters. The highest BCUT2D eigenvalue weighted by Crippen LogP contribution is 2.31. The van der Waals surface area contributed by atoms with Gasteiger partial charge in [0.2, 0.25) is 0 Å². The molecule has 0 aliphatic carbocycles. The summed E-state index contributed by atoms with van der Waals surface area (Å²) in [6.07, 6.45) is 1.04. The summed E-state index contributed by atoms with van der Waals surface area (Å²) in [6.45, 7) is 3.15. The van der Waals surface area contributed by atoms with Crippen molar-refractivity contribution in [2.75, 3.05) is 0 Å². The van der Waals surface area contributed by atoms with Crippen LogP contribution in [0.4, 0.5) is 0 Å². The number of aryl methyl sites for hydroxylation is 1. The number of hydrogen-bond acceptors (Lipinski definition) is 3. The molecule has 0 radical (unpaired) electrons. The predicted octanol–water partition coefficient (Wildman–Crippen LogP) is 2.18. The fourth-order valence-electron chi connectivity index (χ4n) is 2.33. The molecule has 1 N–H and O–H groups in total. The molecule has 2 aromatic rings. The van der Waals surface area contributed by atoms with Gasteiger partial charge >= 0.3 is 0 Å². The number of nitrogens with one attached hydrogen (secondary N) is 1. The second-order valence-electron chi connectivity index (χ2n) is 4.36. The van der Waals surface area contributed by atoms with Crippen LogP contribution in [0.15, 0.2) is 17.5 Å². The fraction of sp³-hybridized carbons (Fsp3) is 0.417. The van der Waals surface area contributed by atoms with Gasteiger partial charge in [0.05, 0.1) is 16.3 Å². The molecule has 0 fully saturated rings. The zero-order valence-corrected chi connectivity index (χ0v) is 10.3. The Morgan fingerprint density at radius 1 is 1.56 bits per heavy atom. The Balaban J connectivity index is 2.13. The van der Waals surface area contributed by atoms with Gasteiger partial charge < -0.3 is 5.32 Å². The molecule has 3 heterocycles. The van der Waals surface area contributed by atoms with Crippen molar-refractivity contribution in [3.05, 3.63) is 28.8 Å². The average molecular weight is 233 g/mol. The molecule has 0 saturated heterocycles. The maximum atomic E-state index is 4.64. The first-order chi connectivity index (χ1) is 7.75. The van der Waals surface area contributed by atoms with Crippen LogP contribution in [0.2, 0.25) is 0 Å². The Bertz CT molecular complexity index is 499. The van der Waals surface area contributed by atoms with Crippen LogP contribution in [0.1, 0.15) is 18.2 Å². The maximum absolute atomic E-state index is 4.64. The number of aromatic nitrogens is 2. The van der Waals surface area contributed by atoms with Gasteiger partial charge in [-0.2, -0.15) is 5.10 Å². The largest absolute Gasteiger partial charge is 0.310 e. The van der Waals surface area contributed by atoms with Crippen molar-refractivity contribution < 1.29 is 0 Å². The molecule has 1 aliphatic heterocycles. The van der Waals surface area contributed by atoms with E-state index >= 15 is 0 Å². The van der Waals surface area contributed by atoms with Gasteiger partial charge in [-0.3, -0.25) is 4.68 Å². The molecule has 0 amide bonds. The van der Waals surface area contributed by atoms with Gasteiger partial charge in [0, 0.05) is 31.6 Å². The smallest absolute Gasteiger partial charge is 0.0826 e. The minimum atomic E-state index is 0.540. The molecule has 0 aromatic carbocycles. The van der Waals surface area contributed by atoms with Gasteiger partial charge in [0.1, 0.15) is 0 Å². The van der Waals surface area contributed by atoms with Crippen molar-refractivity contribution in [3.8, 4) is 10.6 Å². The van der Waals surface area contributed by atoms with E-state index in [-0.39, 0.29) is 0 Å². The molecule has 0 saturated carbocycles. The molecule has 0 spiro atoms. The highest BCUT2D eigenvalue weighted by atomic mass is 32.1. The normalized spacial score (nSPS) is 19.8. The Morgan fingerprint density at radius 2 is 2.44 bits per heavy atom. The summed E-state index contributed by atoms with van der Waals surface area (Å²) in [6, 6.07) is 4.80. The van der Waals surface area contributed by atoms with Crippen molar-refractivity contribution in [2.45, 2.75) is 25.9 Å². The Labute approximate surface area is 99.1 Å². The van der Waals surface area contributed by atoms with Crippen LogP contribution in [-0.2, 0) is 20.0 Å². The first-order valence-corrected chi connectivity index (χ1v) is 6.45. The second-order valence-corrected chi connectivity index (χ2v) is 5.31. The number of fused-ring (bicyclic) bond motifs is 1. The monoisotopic (exact) mass is 233 g/mol. The standard InChI is InChI=1S/C12H15N3S/c1-8-6-10-9(7-13-8)12(15(2)14-10)11-4-3-5-16-11/h3-5,8,13H,6-7H2,1-2H3. The molecule has 3 nitrogen and oxygen atoms in total. The SMILES string of the molecule is CC1Cc2nn(C)c(-c3cccs3)c2CN1. The lowest BCUT2D eigenvalue weighted by Gasteiger charge is -2.19. The van der Waals surface area contributed by atoms with Gasteiger partial charge in [-0.05, 0) is 18.4 Å². The zero-order valence-electron chi connectivity index (χ0n) is 9.53. The summed E-state index contributed by atoms with van der Waals surface area (Å²) < 4.78 is 2.02. The molecule has 1 aliphatic rings. The number of nitrogens with zero attached hydrogens (tertiary/aromatic N) is 2. The van der Waals surface area contributed by atoms with Gasteiger partial charge in [0.25, 0.3) is 0 Å². The average Bonchev–Trinajstić information content (AvgIpc) is 2.83. The summed E-state index contributed by atoms with van der Waals surface area (Å²) >= 11 is 1.78. The summed E-state index contributed by atoms with van der Waals surface area (Å²) in [5.74, 6) is 0. The van der Waals surface area contributed by atoms with E-state index in [0.29, 0.717) is 6.04 Å². The van der Waals surface area contributed by atoms with Gasteiger partial charge in [-0.15, -0.1) is 11.3 Å². The molecule has 2 aromatic heterocycles. The van der Waals surface area contributed by atoms with Gasteiger partial charge in [0.15, 0.2) is 0 Å². The van der Waals surface area contributed by atoms with E-state index in [9.17, 15) is 0 Å². The van der Waals surface area contributed by atoms with Crippen LogP contribution in [0.5, 0.6) is 0 Å². The summed E-state index contributed by atoms with van der Waals surface area (Å²) in [7, 11) is 2.04. The Hall–Kier alpha value is -1.13. The van der Waals surface area contributed by atoms with Crippen LogP contribution >= 0.6 is 11.3 Å². The lowest BCUT2D eigenvalue weighted by Crippen LogP contribution is -2.32. The van der Waals surface area contributed by atoms with Gasteiger partial charge in [-0.1, -0.05) is 6.07 Å². The maximum Gasteiger partial charge on any atom is 0.0826 e. The molecule has 4 heteroatoms. The van der Waals surface area contributed by atoms with Crippen LogP contribution < -0.4 is 5.32 Å². The molecular formula is C12H15N3S. The minimum Gasteiger partial charge on any atom is -0.310 e. The first kappa shape index (κ1) is 10.1. The number of rotatable bonds is 1. The third kappa shape index (κ3) is 1.49. The van der Waals surface area contributed by atoms with E-state index in [2.05, 4.69) is 34.9 Å². The van der Waals surface area contributed by atoms with Crippen molar-refractivity contribution in [1.29, 1.82) is 0 Å². The van der Waals surface area contributed by atoms with Crippen LogP contribution in [-0.4, -0.2) is 15.8 Å². The van der Waals surface area contributed by atoms with E-state index in [1.54, 1.807) is 11.3 Å². The number of thiophene rings is 1. The lowest BCUT2D eigenvalue weighted by atomic mass is 10.0. The van der Waals surface area contributed by atoms with Crippen LogP contribution in [0.3, 0.4) is 0 Å². The van der Waals surface area contributed by atoms with E-state index in [0.717, 1.165) is 13.0 Å². The van der Waals surface area contributed by atoms with Crippen molar-refractivity contribution in [3.63, 3.8) is 0 Å². The molecule has 3 rings (SSSR count). The first-order valence-electron chi connectivity index (χ1n) is 5.57. The highest BCUT2D eigenvalue weighted by Gasteiger charge is 2.23. The third-order valence-electron chi connectivity index (χ3n) is 3.11. The quantitative estimate of drug-likeness (QED) is 0.818. The Morgan fingerprint density at radius 3 is 3.19 bits per heavy atom. The summed E-state index contributed by atoms with van der Waals surface area (Å²) in [4.78, 5) is 1.31. The number of hydrogen-bond donors (Lipinski definition) is 1. The zero-order chi connectivity index (χ0) is 11.1. The molecular weight excluding hydrogens is 218 g/mol. The second kappa shape index (κ2) is 3.71. The fourth-order valence-corrected chi connectivity index (χ4v) is 3.16. The van der Waals surface area contributed by atoms with Crippen molar-refractivity contribution >= 4 is 11.3 Å². The summed E-state index contributed by atoms with van der Waals surface area (Å²) in [5, 5.41) is 10.3. The third-order valence-corrected chi connectivity index (χ3v) is 3.99. The minimum absolute atomic E-state index is 0.540. The molecule has 1 atom stereocenters. The highest BCUT2D eigenvalue weighted by molar-refractivity contribution is 7.13.